The van der Waals surface area contributed by atoms with Gasteiger partial charge in [0.05, 0.1) is 30.7 Å². The third-order valence-corrected chi connectivity index (χ3v) is 5.34. The molecule has 2 aromatic rings. The number of nitrogens with one attached hydrogen (secondary N) is 1. The molecule has 0 aromatic carbocycles. The van der Waals surface area contributed by atoms with Crippen molar-refractivity contribution >= 4 is 5.91 Å². The quantitative estimate of drug-likeness (QED) is 0.903. The smallest absolute Gasteiger partial charge is 0.257 e. The second-order valence-electron chi connectivity index (χ2n) is 7.05. The van der Waals surface area contributed by atoms with E-state index in [0.717, 1.165) is 70.0 Å². The third-order valence-electron chi connectivity index (χ3n) is 5.34. The fourth-order valence-corrected chi connectivity index (χ4v) is 3.82. The van der Waals surface area contributed by atoms with Gasteiger partial charge in [0.25, 0.3) is 5.91 Å². The van der Waals surface area contributed by atoms with E-state index in [4.69, 9.17) is 4.74 Å². The molecule has 4 heterocycles. The largest absolute Gasteiger partial charge is 0.379 e. The molecule has 4 rings (SSSR count). The summed E-state index contributed by atoms with van der Waals surface area (Å²) in [5, 5.41) is 7.04. The monoisotopic (exact) mass is 355 g/mol. The van der Waals surface area contributed by atoms with Crippen LogP contribution in [0.25, 0.3) is 11.3 Å². The predicted molar refractivity (Wildman–Crippen MR) is 97.7 cm³/mol. The molecular formula is C19H25N5O2. The highest BCUT2D eigenvalue weighted by Gasteiger charge is 2.27. The maximum Gasteiger partial charge on any atom is 0.257 e. The SMILES string of the molecule is O=C(c1cn[nH]c1-c1cccnc1)N1CCC(CN2CCOCC2)CC1. The topological polar surface area (TPSA) is 74.4 Å². The van der Waals surface area contributed by atoms with Crippen LogP contribution < -0.4 is 0 Å². The Morgan fingerprint density at radius 3 is 2.73 bits per heavy atom. The first-order chi connectivity index (χ1) is 12.8. The number of likely N-dealkylation sites (tertiary alicyclic amines) is 1. The summed E-state index contributed by atoms with van der Waals surface area (Å²) >= 11 is 0. The molecule has 0 atom stereocenters. The van der Waals surface area contributed by atoms with Crippen LogP contribution in [0, 0.1) is 5.92 Å². The normalized spacial score (nSPS) is 19.6. The number of nitrogens with zero attached hydrogens (tertiary/aromatic N) is 4. The van der Waals surface area contributed by atoms with Crippen molar-refractivity contribution in [3.05, 3.63) is 36.3 Å². The van der Waals surface area contributed by atoms with Gasteiger partial charge in [-0.2, -0.15) is 5.10 Å². The number of carbonyl (C=O) groups excluding carboxylic acids is 1. The minimum Gasteiger partial charge on any atom is -0.379 e. The molecule has 2 fully saturated rings. The number of aromatic nitrogens is 3. The van der Waals surface area contributed by atoms with E-state index in [9.17, 15) is 4.79 Å². The molecule has 0 radical (unpaired) electrons. The van der Waals surface area contributed by atoms with Crippen LogP contribution in [-0.2, 0) is 4.74 Å². The second kappa shape index (κ2) is 7.97. The molecule has 7 nitrogen and oxygen atoms in total. The number of H-pyrrole nitrogens is 1. The average Bonchev–Trinajstić information content (AvgIpc) is 3.19. The zero-order valence-corrected chi connectivity index (χ0v) is 14.9. The van der Waals surface area contributed by atoms with Crippen molar-refractivity contribution in [3.8, 4) is 11.3 Å². The lowest BCUT2D eigenvalue weighted by Gasteiger charge is -2.36. The van der Waals surface area contributed by atoms with Crippen molar-refractivity contribution in [2.75, 3.05) is 45.9 Å². The molecule has 2 saturated heterocycles. The van der Waals surface area contributed by atoms with Gasteiger partial charge in [0.1, 0.15) is 0 Å². The molecule has 138 valence electrons. The molecule has 0 aliphatic carbocycles. The fraction of sp³-hybridized carbons (Fsp3) is 0.526. The summed E-state index contributed by atoms with van der Waals surface area (Å²) in [6.07, 6.45) is 7.22. The molecular weight excluding hydrogens is 330 g/mol. The molecule has 2 aromatic heterocycles. The van der Waals surface area contributed by atoms with E-state index in [1.54, 1.807) is 18.6 Å². The Morgan fingerprint density at radius 1 is 1.19 bits per heavy atom. The number of aromatic amines is 1. The van der Waals surface area contributed by atoms with Crippen molar-refractivity contribution in [2.24, 2.45) is 5.92 Å². The van der Waals surface area contributed by atoms with Crippen molar-refractivity contribution in [3.63, 3.8) is 0 Å². The minimum atomic E-state index is 0.0578. The van der Waals surface area contributed by atoms with Gasteiger partial charge in [0, 0.05) is 50.7 Å². The van der Waals surface area contributed by atoms with Crippen LogP contribution in [0.1, 0.15) is 23.2 Å². The summed E-state index contributed by atoms with van der Waals surface area (Å²) in [5.74, 6) is 0.724. The highest BCUT2D eigenvalue weighted by molar-refractivity contribution is 5.99. The van der Waals surface area contributed by atoms with Gasteiger partial charge in [-0.05, 0) is 30.9 Å². The Labute approximate surface area is 153 Å². The van der Waals surface area contributed by atoms with E-state index in [0.29, 0.717) is 11.5 Å². The zero-order valence-electron chi connectivity index (χ0n) is 14.9. The van der Waals surface area contributed by atoms with E-state index in [1.807, 2.05) is 17.0 Å². The van der Waals surface area contributed by atoms with Crippen molar-refractivity contribution in [1.29, 1.82) is 0 Å². The fourth-order valence-electron chi connectivity index (χ4n) is 3.82. The number of hydrogen-bond acceptors (Lipinski definition) is 5. The number of morpholine rings is 1. The van der Waals surface area contributed by atoms with E-state index >= 15 is 0 Å². The van der Waals surface area contributed by atoms with Crippen LogP contribution in [0.2, 0.25) is 0 Å². The first-order valence-electron chi connectivity index (χ1n) is 9.34. The predicted octanol–water partition coefficient (Wildman–Crippen LogP) is 1.66. The Hall–Kier alpha value is -2.25. The highest BCUT2D eigenvalue weighted by atomic mass is 16.5. The van der Waals surface area contributed by atoms with Gasteiger partial charge in [0.15, 0.2) is 0 Å². The maximum atomic E-state index is 13.0. The summed E-state index contributed by atoms with van der Waals surface area (Å²) in [7, 11) is 0. The van der Waals surface area contributed by atoms with Crippen LogP contribution in [0.3, 0.4) is 0 Å². The van der Waals surface area contributed by atoms with Gasteiger partial charge < -0.3 is 9.64 Å². The third kappa shape index (κ3) is 3.78. The number of pyridine rings is 1. The number of carbonyl (C=O) groups is 1. The molecule has 0 spiro atoms. The summed E-state index contributed by atoms with van der Waals surface area (Å²) in [6.45, 7) is 6.49. The molecule has 0 saturated carbocycles. The summed E-state index contributed by atoms with van der Waals surface area (Å²) in [5.41, 5.74) is 2.26. The minimum absolute atomic E-state index is 0.0578. The first kappa shape index (κ1) is 17.2. The van der Waals surface area contributed by atoms with E-state index in [2.05, 4.69) is 20.1 Å². The number of hydrogen-bond donors (Lipinski definition) is 1. The number of piperidine rings is 1. The van der Waals surface area contributed by atoms with Gasteiger partial charge in [-0.3, -0.25) is 19.8 Å². The molecule has 1 N–H and O–H groups in total. The van der Waals surface area contributed by atoms with Gasteiger partial charge in [0.2, 0.25) is 0 Å². The van der Waals surface area contributed by atoms with Crippen LogP contribution in [0.4, 0.5) is 0 Å². The Kier molecular flexibility index (Phi) is 5.26. The van der Waals surface area contributed by atoms with Crippen molar-refractivity contribution < 1.29 is 9.53 Å². The molecule has 7 heteroatoms. The van der Waals surface area contributed by atoms with Crippen LogP contribution in [0.15, 0.2) is 30.7 Å². The van der Waals surface area contributed by atoms with Crippen molar-refractivity contribution in [2.45, 2.75) is 12.8 Å². The molecule has 0 unspecified atom stereocenters. The molecule has 26 heavy (non-hydrogen) atoms. The summed E-state index contributed by atoms with van der Waals surface area (Å²) in [6, 6.07) is 3.80. The Balaban J connectivity index is 1.36. The van der Waals surface area contributed by atoms with Crippen LogP contribution in [0.5, 0.6) is 0 Å². The highest BCUT2D eigenvalue weighted by Crippen LogP contribution is 2.24. The lowest BCUT2D eigenvalue weighted by molar-refractivity contribution is 0.0243. The standard InChI is InChI=1S/C19H25N5O2/c25-19(17-13-21-22-18(17)16-2-1-5-20-12-16)24-6-3-15(4-7-24)14-23-8-10-26-11-9-23/h1-2,5,12-13,15H,3-4,6-11,14H2,(H,21,22). The Morgan fingerprint density at radius 2 is 2.00 bits per heavy atom. The van der Waals surface area contributed by atoms with E-state index < -0.39 is 0 Å². The molecule has 2 aliphatic rings. The second-order valence-corrected chi connectivity index (χ2v) is 7.05. The number of ether oxygens (including phenoxy) is 1. The summed E-state index contributed by atoms with van der Waals surface area (Å²) in [4.78, 5) is 21.6. The first-order valence-corrected chi connectivity index (χ1v) is 9.34. The lowest BCUT2D eigenvalue weighted by atomic mass is 9.95. The van der Waals surface area contributed by atoms with Gasteiger partial charge in [-0.1, -0.05) is 0 Å². The molecule has 2 aliphatic heterocycles. The number of rotatable bonds is 4. The lowest BCUT2D eigenvalue weighted by Crippen LogP contribution is -2.44. The Bertz CT molecular complexity index is 719. The summed E-state index contributed by atoms with van der Waals surface area (Å²) < 4.78 is 5.42. The zero-order chi connectivity index (χ0) is 17.8. The van der Waals surface area contributed by atoms with Crippen molar-refractivity contribution in [1.82, 2.24) is 25.0 Å². The maximum absolute atomic E-state index is 13.0. The number of amides is 1. The van der Waals surface area contributed by atoms with Crippen LogP contribution in [-0.4, -0.2) is 76.8 Å². The van der Waals surface area contributed by atoms with E-state index in [-0.39, 0.29) is 5.91 Å². The van der Waals surface area contributed by atoms with Gasteiger partial charge in [-0.25, -0.2) is 0 Å². The average molecular weight is 355 g/mol. The molecule has 1 amide bonds. The molecule has 0 bridgehead atoms. The van der Waals surface area contributed by atoms with Crippen LogP contribution >= 0.6 is 0 Å². The van der Waals surface area contributed by atoms with E-state index in [1.165, 1.54) is 0 Å². The van der Waals surface area contributed by atoms with Gasteiger partial charge in [-0.15, -0.1) is 0 Å². The van der Waals surface area contributed by atoms with Gasteiger partial charge >= 0.3 is 0 Å².